The molecule has 0 aliphatic carbocycles. The van der Waals surface area contributed by atoms with Crippen molar-refractivity contribution in [3.63, 3.8) is 0 Å². The standard InChI is InChI=1S/C13H18BrNO/c1-4-12(14)13(16)15-11-7-5-6-10(8-11)9(2)3/h5-9,12H,4H2,1-3H3,(H,15,16). The van der Waals surface area contributed by atoms with Crippen LogP contribution in [0.15, 0.2) is 24.3 Å². The number of amides is 1. The third-order valence-electron chi connectivity index (χ3n) is 2.46. The van der Waals surface area contributed by atoms with Crippen molar-refractivity contribution in [2.75, 3.05) is 5.32 Å². The second kappa shape index (κ2) is 6.04. The predicted molar refractivity (Wildman–Crippen MR) is 72.2 cm³/mol. The van der Waals surface area contributed by atoms with E-state index in [2.05, 4.69) is 41.2 Å². The van der Waals surface area contributed by atoms with Crippen molar-refractivity contribution in [1.29, 1.82) is 0 Å². The minimum Gasteiger partial charge on any atom is -0.325 e. The second-order valence-electron chi connectivity index (χ2n) is 4.15. The molecule has 0 fully saturated rings. The summed E-state index contributed by atoms with van der Waals surface area (Å²) >= 11 is 3.34. The van der Waals surface area contributed by atoms with Crippen molar-refractivity contribution in [1.82, 2.24) is 0 Å². The maximum atomic E-state index is 11.7. The summed E-state index contributed by atoms with van der Waals surface area (Å²) in [4.78, 5) is 11.6. The summed E-state index contributed by atoms with van der Waals surface area (Å²) in [6.07, 6.45) is 0.787. The van der Waals surface area contributed by atoms with Crippen molar-refractivity contribution < 1.29 is 4.79 Å². The first-order valence-electron chi connectivity index (χ1n) is 5.59. The quantitative estimate of drug-likeness (QED) is 0.834. The van der Waals surface area contributed by atoms with Crippen LogP contribution in [0.4, 0.5) is 5.69 Å². The normalized spacial score (nSPS) is 12.6. The van der Waals surface area contributed by atoms with Gasteiger partial charge in [0.1, 0.15) is 0 Å². The van der Waals surface area contributed by atoms with Crippen molar-refractivity contribution in [2.24, 2.45) is 0 Å². The summed E-state index contributed by atoms with van der Waals surface area (Å²) in [6.45, 7) is 6.25. The van der Waals surface area contributed by atoms with Crippen LogP contribution >= 0.6 is 15.9 Å². The van der Waals surface area contributed by atoms with Crippen molar-refractivity contribution >= 4 is 27.5 Å². The van der Waals surface area contributed by atoms with Crippen LogP contribution in [-0.4, -0.2) is 10.7 Å². The molecule has 0 saturated heterocycles. The van der Waals surface area contributed by atoms with Gasteiger partial charge in [-0.15, -0.1) is 0 Å². The number of carbonyl (C=O) groups excluding carboxylic acids is 1. The van der Waals surface area contributed by atoms with Gasteiger partial charge in [-0.1, -0.05) is 48.8 Å². The molecule has 1 aromatic carbocycles. The van der Waals surface area contributed by atoms with E-state index in [-0.39, 0.29) is 10.7 Å². The molecule has 1 unspecified atom stereocenters. The second-order valence-corrected chi connectivity index (χ2v) is 5.25. The summed E-state index contributed by atoms with van der Waals surface area (Å²) in [5, 5.41) is 2.90. The zero-order valence-corrected chi connectivity index (χ0v) is 11.5. The van der Waals surface area contributed by atoms with E-state index in [9.17, 15) is 4.79 Å². The maximum Gasteiger partial charge on any atom is 0.238 e. The molecule has 1 atom stereocenters. The van der Waals surface area contributed by atoms with E-state index in [4.69, 9.17) is 0 Å². The molecule has 1 amide bonds. The van der Waals surface area contributed by atoms with Gasteiger partial charge in [-0.25, -0.2) is 0 Å². The van der Waals surface area contributed by atoms with E-state index in [1.54, 1.807) is 0 Å². The van der Waals surface area contributed by atoms with Crippen LogP contribution in [0.5, 0.6) is 0 Å². The predicted octanol–water partition coefficient (Wildman–Crippen LogP) is 3.92. The number of anilines is 1. The fourth-order valence-corrected chi connectivity index (χ4v) is 1.50. The topological polar surface area (TPSA) is 29.1 Å². The highest BCUT2D eigenvalue weighted by Gasteiger charge is 2.12. The Hall–Kier alpha value is -0.830. The first kappa shape index (κ1) is 13.2. The Balaban J connectivity index is 2.74. The van der Waals surface area contributed by atoms with Gasteiger partial charge in [0, 0.05) is 5.69 Å². The fraction of sp³-hybridized carbons (Fsp3) is 0.462. The van der Waals surface area contributed by atoms with E-state index >= 15 is 0 Å². The summed E-state index contributed by atoms with van der Waals surface area (Å²) in [5.74, 6) is 0.492. The first-order valence-corrected chi connectivity index (χ1v) is 6.51. The van der Waals surface area contributed by atoms with Crippen LogP contribution in [0.2, 0.25) is 0 Å². The molecule has 88 valence electrons. The van der Waals surface area contributed by atoms with Crippen LogP contribution in [0.25, 0.3) is 0 Å². The SMILES string of the molecule is CCC(Br)C(=O)Nc1cccc(C(C)C)c1. The number of nitrogens with one attached hydrogen (secondary N) is 1. The minimum atomic E-state index is -0.116. The highest BCUT2D eigenvalue weighted by atomic mass is 79.9. The molecule has 0 spiro atoms. The molecule has 0 heterocycles. The Labute approximate surface area is 106 Å². The van der Waals surface area contributed by atoms with Gasteiger partial charge in [-0.2, -0.15) is 0 Å². The average Bonchev–Trinajstić information content (AvgIpc) is 2.28. The summed E-state index contributed by atoms with van der Waals surface area (Å²) in [6, 6.07) is 7.99. The lowest BCUT2D eigenvalue weighted by atomic mass is 10.0. The van der Waals surface area contributed by atoms with Gasteiger partial charge in [0.05, 0.1) is 4.83 Å². The lowest BCUT2D eigenvalue weighted by Gasteiger charge is -2.11. The Morgan fingerprint density at radius 2 is 2.12 bits per heavy atom. The molecule has 1 rings (SSSR count). The Kier molecular flexibility index (Phi) is 5.00. The zero-order chi connectivity index (χ0) is 12.1. The number of benzene rings is 1. The van der Waals surface area contributed by atoms with E-state index in [1.807, 2.05) is 25.1 Å². The summed E-state index contributed by atoms with van der Waals surface area (Å²) < 4.78 is 0. The van der Waals surface area contributed by atoms with Crippen LogP contribution < -0.4 is 5.32 Å². The van der Waals surface area contributed by atoms with Gasteiger partial charge in [0.25, 0.3) is 0 Å². The van der Waals surface area contributed by atoms with E-state index < -0.39 is 0 Å². The number of hydrogen-bond acceptors (Lipinski definition) is 1. The molecule has 0 aliphatic rings. The van der Waals surface area contributed by atoms with Gasteiger partial charge in [0.2, 0.25) is 5.91 Å². The molecule has 1 aromatic rings. The van der Waals surface area contributed by atoms with Crippen LogP contribution in [0, 0.1) is 0 Å². The molecule has 0 aromatic heterocycles. The molecule has 1 N–H and O–H groups in total. The van der Waals surface area contributed by atoms with Crippen molar-refractivity contribution in [3.8, 4) is 0 Å². The van der Waals surface area contributed by atoms with E-state index in [0.29, 0.717) is 5.92 Å². The summed E-state index contributed by atoms with van der Waals surface area (Å²) in [7, 11) is 0. The maximum absolute atomic E-state index is 11.7. The smallest absolute Gasteiger partial charge is 0.238 e. The number of carbonyl (C=O) groups is 1. The minimum absolute atomic E-state index is 0.0170. The number of halogens is 1. The third-order valence-corrected chi connectivity index (χ3v) is 3.53. The number of hydrogen-bond donors (Lipinski definition) is 1. The van der Waals surface area contributed by atoms with Crippen LogP contribution in [-0.2, 0) is 4.79 Å². The molecular formula is C13H18BrNO. The van der Waals surface area contributed by atoms with Crippen molar-refractivity contribution in [2.45, 2.75) is 37.9 Å². The van der Waals surface area contributed by atoms with Crippen LogP contribution in [0.1, 0.15) is 38.7 Å². The Bertz CT molecular complexity index is 363. The largest absolute Gasteiger partial charge is 0.325 e. The fourth-order valence-electron chi connectivity index (χ4n) is 1.38. The molecule has 3 heteroatoms. The molecular weight excluding hydrogens is 266 g/mol. The number of alkyl halides is 1. The monoisotopic (exact) mass is 283 g/mol. The molecule has 0 aliphatic heterocycles. The van der Waals surface area contributed by atoms with Gasteiger partial charge in [0.15, 0.2) is 0 Å². The third kappa shape index (κ3) is 3.63. The van der Waals surface area contributed by atoms with Gasteiger partial charge in [-0.05, 0) is 30.0 Å². The van der Waals surface area contributed by atoms with E-state index in [1.165, 1.54) is 5.56 Å². The highest BCUT2D eigenvalue weighted by molar-refractivity contribution is 9.10. The van der Waals surface area contributed by atoms with Crippen LogP contribution in [0.3, 0.4) is 0 Å². The lowest BCUT2D eigenvalue weighted by molar-refractivity contribution is -0.115. The molecule has 0 radical (unpaired) electrons. The zero-order valence-electron chi connectivity index (χ0n) is 9.96. The Morgan fingerprint density at radius 1 is 1.44 bits per heavy atom. The van der Waals surface area contributed by atoms with Gasteiger partial charge < -0.3 is 5.32 Å². The molecule has 2 nitrogen and oxygen atoms in total. The van der Waals surface area contributed by atoms with E-state index in [0.717, 1.165) is 12.1 Å². The molecule has 0 saturated carbocycles. The average molecular weight is 284 g/mol. The Morgan fingerprint density at radius 3 is 2.69 bits per heavy atom. The highest BCUT2D eigenvalue weighted by Crippen LogP contribution is 2.19. The van der Waals surface area contributed by atoms with Crippen molar-refractivity contribution in [3.05, 3.63) is 29.8 Å². The number of rotatable bonds is 4. The summed E-state index contributed by atoms with van der Waals surface area (Å²) in [5.41, 5.74) is 2.11. The van der Waals surface area contributed by atoms with Gasteiger partial charge in [-0.3, -0.25) is 4.79 Å². The first-order chi connectivity index (χ1) is 7.54. The lowest BCUT2D eigenvalue weighted by Crippen LogP contribution is -2.22. The van der Waals surface area contributed by atoms with Gasteiger partial charge >= 0.3 is 0 Å². The molecule has 16 heavy (non-hydrogen) atoms. The molecule has 0 bridgehead atoms.